The van der Waals surface area contributed by atoms with Gasteiger partial charge >= 0.3 is 0 Å². The highest BCUT2D eigenvalue weighted by molar-refractivity contribution is 6.05. The van der Waals surface area contributed by atoms with Crippen LogP contribution in [0, 0.1) is 0 Å². The molecule has 13 heteroatoms. The van der Waals surface area contributed by atoms with Crippen LogP contribution in [0.15, 0.2) is 34.8 Å². The van der Waals surface area contributed by atoms with Gasteiger partial charge in [0.05, 0.1) is 41.8 Å². The fourth-order valence-corrected chi connectivity index (χ4v) is 4.37. The van der Waals surface area contributed by atoms with Crippen molar-refractivity contribution in [3.8, 4) is 17.0 Å². The zero-order valence-corrected chi connectivity index (χ0v) is 22.6. The molecule has 13 nitrogen and oxygen atoms in total. The van der Waals surface area contributed by atoms with E-state index in [1.54, 1.807) is 6.20 Å². The minimum atomic E-state index is -0.666. The first-order chi connectivity index (χ1) is 18.7. The molecule has 1 aliphatic heterocycles. The molecule has 0 radical (unpaired) electrons. The van der Waals surface area contributed by atoms with Crippen molar-refractivity contribution < 1.29 is 19.4 Å². The van der Waals surface area contributed by atoms with Crippen LogP contribution in [0.1, 0.15) is 43.9 Å². The van der Waals surface area contributed by atoms with Gasteiger partial charge in [-0.05, 0) is 45.5 Å². The van der Waals surface area contributed by atoms with Crippen LogP contribution < -0.4 is 16.2 Å². The van der Waals surface area contributed by atoms with Crippen molar-refractivity contribution in [2.24, 2.45) is 16.5 Å². The monoisotopic (exact) mass is 537 g/mol. The van der Waals surface area contributed by atoms with Crippen LogP contribution in [-0.4, -0.2) is 92.0 Å². The lowest BCUT2D eigenvalue weighted by molar-refractivity contribution is 0.0996. The quantitative estimate of drug-likeness (QED) is 0.290. The number of aromatic amines is 2. The molecular weight excluding hydrogens is 502 g/mol. The second-order valence-corrected chi connectivity index (χ2v) is 9.28. The van der Waals surface area contributed by atoms with Gasteiger partial charge in [-0.2, -0.15) is 5.10 Å². The van der Waals surface area contributed by atoms with Crippen molar-refractivity contribution in [1.29, 1.82) is 0 Å². The average molecular weight is 538 g/mol. The number of amides is 1. The lowest BCUT2D eigenvalue weighted by atomic mass is 10.0. The summed E-state index contributed by atoms with van der Waals surface area (Å²) in [6, 6.07) is 1.49. The van der Waals surface area contributed by atoms with Crippen LogP contribution in [0.3, 0.4) is 0 Å². The number of hydrogen-bond acceptors (Lipinski definition) is 10. The summed E-state index contributed by atoms with van der Waals surface area (Å²) < 4.78 is 11.9. The number of likely N-dealkylation sites (N-methyl/N-ethyl adjacent to an activating group) is 1. The number of rotatable bonds is 6. The first-order valence-electron chi connectivity index (χ1n) is 12.9. The molecule has 0 fully saturated rings. The number of aromatic nitrogens is 5. The highest BCUT2D eigenvalue weighted by atomic mass is 16.5. The highest BCUT2D eigenvalue weighted by Crippen LogP contribution is 2.34. The van der Waals surface area contributed by atoms with E-state index >= 15 is 0 Å². The molecule has 7 N–H and O–H groups in total. The molecule has 1 aliphatic rings. The van der Waals surface area contributed by atoms with Gasteiger partial charge in [-0.25, -0.2) is 4.98 Å². The molecule has 0 aromatic carbocycles. The Labute approximate surface area is 226 Å². The second-order valence-electron chi connectivity index (χ2n) is 9.28. The molecule has 39 heavy (non-hydrogen) atoms. The summed E-state index contributed by atoms with van der Waals surface area (Å²) in [6.07, 6.45) is 4.91. The number of carbonyl (C=O) groups is 1. The third-order valence-corrected chi connectivity index (χ3v) is 6.29. The molecule has 2 atom stereocenters. The van der Waals surface area contributed by atoms with Gasteiger partial charge in [0.25, 0.3) is 5.91 Å². The van der Waals surface area contributed by atoms with Gasteiger partial charge in [-0.15, -0.1) is 5.10 Å². The van der Waals surface area contributed by atoms with E-state index in [0.29, 0.717) is 65.4 Å². The van der Waals surface area contributed by atoms with E-state index in [2.05, 4.69) is 30.3 Å². The Morgan fingerprint density at radius 1 is 1.31 bits per heavy atom. The van der Waals surface area contributed by atoms with Gasteiger partial charge in [0.2, 0.25) is 5.88 Å². The van der Waals surface area contributed by atoms with Crippen molar-refractivity contribution in [1.82, 2.24) is 30.3 Å². The molecule has 0 saturated carbocycles. The van der Waals surface area contributed by atoms with Crippen molar-refractivity contribution in [3.05, 3.63) is 41.2 Å². The number of nitrogens with zero attached hydrogens (tertiary/aromatic N) is 5. The van der Waals surface area contributed by atoms with Gasteiger partial charge < -0.3 is 26.0 Å². The highest BCUT2D eigenvalue weighted by Gasteiger charge is 2.25. The Hall–Kier alpha value is -4.23. The minimum absolute atomic E-state index is 0.121. The van der Waals surface area contributed by atoms with Crippen LogP contribution in [0.4, 0.5) is 0 Å². The lowest BCUT2D eigenvalue weighted by Gasteiger charge is -2.26. The maximum atomic E-state index is 12.2. The Balaban J connectivity index is 1.95. The van der Waals surface area contributed by atoms with E-state index in [1.165, 1.54) is 0 Å². The zero-order valence-electron chi connectivity index (χ0n) is 22.6. The van der Waals surface area contributed by atoms with Gasteiger partial charge in [-0.3, -0.25) is 24.9 Å². The number of fused-ring (bicyclic) bond motifs is 3. The number of hydrogen-bond donors (Lipinski definition) is 5. The normalized spacial score (nSPS) is 20.6. The van der Waals surface area contributed by atoms with Crippen LogP contribution in [-0.2, 0) is 4.74 Å². The first kappa shape index (κ1) is 27.8. The molecule has 208 valence electrons. The van der Waals surface area contributed by atoms with Gasteiger partial charge in [0, 0.05) is 30.2 Å². The van der Waals surface area contributed by atoms with Crippen molar-refractivity contribution in [3.63, 3.8) is 0 Å². The van der Waals surface area contributed by atoms with Crippen LogP contribution in [0.5, 0.6) is 5.88 Å². The number of aliphatic imine (C=N–C) groups is 1. The molecule has 4 rings (SSSR count). The predicted molar refractivity (Wildman–Crippen MR) is 148 cm³/mol. The standard InChI is InChI=1S/C26H35N9O4/c1-5-35-11-15(4)39-26-21(22(23(27)37)32-34-26)16-9-18-19(31-33-25(18)29-10-16)8-7-17(24(28)38-6-2)20(12-35)30-14(3)13-36/h7-10,14-15,36H,5-6,11-13,28H2,1-4H3,(H2,27,37)(H,32,34)(H,29,31,33)/b8-7+,24-17+,30-20?. The lowest BCUT2D eigenvalue weighted by Crippen LogP contribution is -2.38. The third-order valence-electron chi connectivity index (χ3n) is 6.29. The minimum Gasteiger partial charge on any atom is -0.479 e. The van der Waals surface area contributed by atoms with E-state index in [9.17, 15) is 9.90 Å². The van der Waals surface area contributed by atoms with Gasteiger partial charge in [0.1, 0.15) is 11.8 Å². The topological polar surface area (TPSA) is 194 Å². The number of aliphatic hydroxyl groups excluding tert-OH is 1. The molecule has 3 aromatic rings. The van der Waals surface area contributed by atoms with Gasteiger partial charge in [0.15, 0.2) is 11.5 Å². The summed E-state index contributed by atoms with van der Waals surface area (Å²) in [5.41, 5.74) is 15.6. The predicted octanol–water partition coefficient (Wildman–Crippen LogP) is 1.59. The molecular formula is C26H35N9O4. The van der Waals surface area contributed by atoms with E-state index in [4.69, 9.17) is 25.9 Å². The summed E-state index contributed by atoms with van der Waals surface area (Å²) in [4.78, 5) is 23.6. The van der Waals surface area contributed by atoms with Crippen LogP contribution >= 0.6 is 0 Å². The fourth-order valence-electron chi connectivity index (χ4n) is 4.37. The number of nitrogens with one attached hydrogen (secondary N) is 2. The number of aliphatic hydroxyl groups is 1. The Morgan fingerprint density at radius 3 is 2.79 bits per heavy atom. The summed E-state index contributed by atoms with van der Waals surface area (Å²) in [7, 11) is 0. The van der Waals surface area contributed by atoms with Crippen molar-refractivity contribution >= 4 is 28.7 Å². The molecule has 0 aliphatic carbocycles. The summed E-state index contributed by atoms with van der Waals surface area (Å²) in [5, 5.41) is 24.7. The number of primary amides is 1. The summed E-state index contributed by atoms with van der Waals surface area (Å²) in [5.74, 6) is -0.204. The van der Waals surface area contributed by atoms with E-state index in [1.807, 2.05) is 45.9 Å². The SMILES string of the molecule is CCO/C(N)=C1\C=C\c2[nH]nc3ncc(cc23)-c2c(n[nH]c2C(N)=O)OC(C)CN(CC)CC1=NC(C)CO. The van der Waals surface area contributed by atoms with Crippen molar-refractivity contribution in [2.75, 3.05) is 32.8 Å². The molecule has 3 aromatic heterocycles. The van der Waals surface area contributed by atoms with Crippen LogP contribution in [0.2, 0.25) is 0 Å². The summed E-state index contributed by atoms with van der Waals surface area (Å²) in [6.45, 7) is 9.48. The van der Waals surface area contributed by atoms with E-state index in [-0.39, 0.29) is 36.2 Å². The number of nitrogens with two attached hydrogens (primary N) is 2. The summed E-state index contributed by atoms with van der Waals surface area (Å²) >= 11 is 0. The molecule has 0 spiro atoms. The maximum Gasteiger partial charge on any atom is 0.267 e. The van der Waals surface area contributed by atoms with Crippen LogP contribution in [0.25, 0.3) is 28.2 Å². The molecule has 0 saturated heterocycles. The Kier molecular flexibility index (Phi) is 8.62. The Morgan fingerprint density at radius 2 is 2.10 bits per heavy atom. The molecule has 1 amide bonds. The van der Waals surface area contributed by atoms with Crippen molar-refractivity contribution in [2.45, 2.75) is 39.8 Å². The number of carbonyl (C=O) groups excluding carboxylic acids is 1. The molecule has 2 bridgehead atoms. The van der Waals surface area contributed by atoms with E-state index in [0.717, 1.165) is 0 Å². The van der Waals surface area contributed by atoms with E-state index < -0.39 is 5.91 Å². The number of pyridine rings is 1. The molecule has 2 unspecified atom stereocenters. The van der Waals surface area contributed by atoms with Gasteiger partial charge in [-0.1, -0.05) is 6.92 Å². The number of allylic oxidation sites excluding steroid dienone is 1. The third kappa shape index (κ3) is 6.10. The molecule has 4 heterocycles. The largest absolute Gasteiger partial charge is 0.479 e. The number of ether oxygens (including phenoxy) is 2. The smallest absolute Gasteiger partial charge is 0.267 e. The first-order valence-corrected chi connectivity index (χ1v) is 12.9. The second kappa shape index (κ2) is 12.1. The zero-order chi connectivity index (χ0) is 28.1. The Bertz CT molecular complexity index is 1420. The number of H-pyrrole nitrogens is 2. The fraction of sp³-hybridized carbons (Fsp3) is 0.423. The average Bonchev–Trinajstić information content (AvgIpc) is 3.51. The maximum absolute atomic E-state index is 12.2.